The number of benzene rings is 1. The minimum atomic E-state index is 0.862. The van der Waals surface area contributed by atoms with Gasteiger partial charge in [0.05, 0.1) is 15.7 Å². The Morgan fingerprint density at radius 3 is 3.00 bits per heavy atom. The summed E-state index contributed by atoms with van der Waals surface area (Å²) in [5.41, 5.74) is 4.09. The van der Waals surface area contributed by atoms with Crippen LogP contribution in [0.3, 0.4) is 0 Å². The molecule has 17 heavy (non-hydrogen) atoms. The number of nitrogens with zero attached hydrogens (tertiary/aromatic N) is 1. The highest BCUT2D eigenvalue weighted by Gasteiger charge is 2.00. The lowest BCUT2D eigenvalue weighted by atomic mass is 10.3. The number of hydrogen-bond donors (Lipinski definition) is 1. The highest BCUT2D eigenvalue weighted by atomic mass is 79.9. The van der Waals surface area contributed by atoms with Gasteiger partial charge in [-0.05, 0) is 40.2 Å². The van der Waals surface area contributed by atoms with Crippen molar-refractivity contribution in [3.63, 3.8) is 0 Å². The molecule has 0 aliphatic rings. The molecule has 2 aromatic heterocycles. The zero-order chi connectivity index (χ0) is 11.7. The fourth-order valence-electron chi connectivity index (χ4n) is 1.60. The van der Waals surface area contributed by atoms with Crippen LogP contribution in [-0.4, -0.2) is 4.98 Å². The SMILES string of the molecule is Brc1csc(CNc2ccc3ncsc3c2)c1. The van der Waals surface area contributed by atoms with E-state index in [1.165, 1.54) is 9.58 Å². The lowest BCUT2D eigenvalue weighted by Gasteiger charge is -2.04. The van der Waals surface area contributed by atoms with Crippen LogP contribution < -0.4 is 5.32 Å². The normalized spacial score (nSPS) is 10.9. The van der Waals surface area contributed by atoms with Crippen LogP contribution >= 0.6 is 38.6 Å². The second-order valence-corrected chi connectivity index (χ2v) is 6.42. The van der Waals surface area contributed by atoms with Crippen LogP contribution in [0.25, 0.3) is 10.2 Å². The fourth-order valence-corrected chi connectivity index (χ4v) is 3.71. The number of nitrogens with one attached hydrogen (secondary N) is 1. The van der Waals surface area contributed by atoms with Gasteiger partial charge in [0.2, 0.25) is 0 Å². The number of thiazole rings is 1. The maximum atomic E-state index is 4.27. The average molecular weight is 325 g/mol. The molecule has 0 spiro atoms. The van der Waals surface area contributed by atoms with Gasteiger partial charge in [-0.25, -0.2) is 4.98 Å². The number of aromatic nitrogens is 1. The number of rotatable bonds is 3. The summed E-state index contributed by atoms with van der Waals surface area (Å²) in [6.45, 7) is 0.862. The van der Waals surface area contributed by atoms with Crippen LogP contribution in [0, 0.1) is 0 Å². The Morgan fingerprint density at radius 1 is 1.24 bits per heavy atom. The molecule has 0 aliphatic carbocycles. The predicted octanol–water partition coefficient (Wildman–Crippen LogP) is 4.73. The molecule has 0 radical (unpaired) electrons. The van der Waals surface area contributed by atoms with Gasteiger partial charge in [0, 0.05) is 27.0 Å². The van der Waals surface area contributed by atoms with Crippen molar-refractivity contribution in [2.75, 3.05) is 5.32 Å². The Bertz CT molecular complexity index is 645. The van der Waals surface area contributed by atoms with E-state index in [4.69, 9.17) is 0 Å². The molecule has 1 aromatic carbocycles. The first-order valence-electron chi connectivity index (χ1n) is 5.11. The van der Waals surface area contributed by atoms with Crippen LogP contribution in [0.2, 0.25) is 0 Å². The van der Waals surface area contributed by atoms with Crippen molar-refractivity contribution in [2.24, 2.45) is 0 Å². The highest BCUT2D eigenvalue weighted by Crippen LogP contribution is 2.24. The number of anilines is 1. The van der Waals surface area contributed by atoms with E-state index in [1.54, 1.807) is 22.7 Å². The van der Waals surface area contributed by atoms with Crippen molar-refractivity contribution in [1.29, 1.82) is 0 Å². The van der Waals surface area contributed by atoms with E-state index >= 15 is 0 Å². The third-order valence-electron chi connectivity index (χ3n) is 2.42. The summed E-state index contributed by atoms with van der Waals surface area (Å²) in [6.07, 6.45) is 0. The second kappa shape index (κ2) is 4.76. The van der Waals surface area contributed by atoms with Gasteiger partial charge in [-0.1, -0.05) is 0 Å². The number of halogens is 1. The maximum Gasteiger partial charge on any atom is 0.0813 e. The molecular weight excluding hydrogens is 316 g/mol. The van der Waals surface area contributed by atoms with Crippen molar-refractivity contribution in [1.82, 2.24) is 4.98 Å². The largest absolute Gasteiger partial charge is 0.380 e. The molecule has 3 aromatic rings. The average Bonchev–Trinajstić information content (AvgIpc) is 2.94. The number of thiophene rings is 1. The van der Waals surface area contributed by atoms with E-state index in [2.05, 4.69) is 55.9 Å². The molecule has 0 fully saturated rings. The zero-order valence-electron chi connectivity index (χ0n) is 8.81. The van der Waals surface area contributed by atoms with Crippen LogP contribution in [0.1, 0.15) is 4.88 Å². The Morgan fingerprint density at radius 2 is 2.18 bits per heavy atom. The molecular formula is C12H9BrN2S2. The third-order valence-corrected chi connectivity index (χ3v) is 4.91. The molecule has 5 heteroatoms. The van der Waals surface area contributed by atoms with E-state index in [1.807, 2.05) is 5.51 Å². The quantitative estimate of drug-likeness (QED) is 0.753. The van der Waals surface area contributed by atoms with Gasteiger partial charge in [-0.15, -0.1) is 22.7 Å². The minimum absolute atomic E-state index is 0.862. The standard InChI is InChI=1S/C12H9BrN2S2/c13-8-3-10(16-6-8)5-14-9-1-2-11-12(4-9)17-7-15-11/h1-4,6-7,14H,5H2. The Balaban J connectivity index is 1.76. The molecule has 0 unspecified atom stereocenters. The number of fused-ring (bicyclic) bond motifs is 1. The van der Waals surface area contributed by atoms with Crippen molar-refractivity contribution in [3.05, 3.63) is 44.5 Å². The smallest absolute Gasteiger partial charge is 0.0813 e. The van der Waals surface area contributed by atoms with Gasteiger partial charge in [0.15, 0.2) is 0 Å². The molecule has 0 atom stereocenters. The zero-order valence-corrected chi connectivity index (χ0v) is 12.0. The molecule has 2 nitrogen and oxygen atoms in total. The summed E-state index contributed by atoms with van der Waals surface area (Å²) in [6, 6.07) is 8.42. The molecule has 0 bridgehead atoms. The van der Waals surface area contributed by atoms with Crippen molar-refractivity contribution in [3.8, 4) is 0 Å². The first-order valence-corrected chi connectivity index (χ1v) is 7.66. The van der Waals surface area contributed by atoms with Crippen molar-refractivity contribution >= 4 is 54.5 Å². The van der Waals surface area contributed by atoms with Gasteiger partial charge >= 0.3 is 0 Å². The van der Waals surface area contributed by atoms with E-state index < -0.39 is 0 Å². The molecule has 0 amide bonds. The van der Waals surface area contributed by atoms with E-state index in [0.29, 0.717) is 0 Å². The summed E-state index contributed by atoms with van der Waals surface area (Å²) < 4.78 is 2.37. The predicted molar refractivity (Wildman–Crippen MR) is 79.0 cm³/mol. The summed E-state index contributed by atoms with van der Waals surface area (Å²) >= 11 is 6.89. The van der Waals surface area contributed by atoms with Crippen molar-refractivity contribution in [2.45, 2.75) is 6.54 Å². The summed E-state index contributed by atoms with van der Waals surface area (Å²) in [4.78, 5) is 5.59. The molecule has 0 aliphatic heterocycles. The first kappa shape index (κ1) is 11.2. The van der Waals surface area contributed by atoms with E-state index in [0.717, 1.165) is 22.2 Å². The summed E-state index contributed by atoms with van der Waals surface area (Å²) in [5, 5.41) is 5.53. The van der Waals surface area contributed by atoms with E-state index in [-0.39, 0.29) is 0 Å². The highest BCUT2D eigenvalue weighted by molar-refractivity contribution is 9.10. The minimum Gasteiger partial charge on any atom is -0.380 e. The molecule has 2 heterocycles. The first-order chi connectivity index (χ1) is 8.31. The third kappa shape index (κ3) is 2.51. The second-order valence-electron chi connectivity index (χ2n) is 3.62. The van der Waals surface area contributed by atoms with Crippen LogP contribution in [-0.2, 0) is 6.54 Å². The van der Waals surface area contributed by atoms with Gasteiger partial charge in [0.1, 0.15) is 0 Å². The molecule has 86 valence electrons. The summed E-state index contributed by atoms with van der Waals surface area (Å²) in [7, 11) is 0. The van der Waals surface area contributed by atoms with E-state index in [9.17, 15) is 0 Å². The topological polar surface area (TPSA) is 24.9 Å². The van der Waals surface area contributed by atoms with Gasteiger partial charge < -0.3 is 5.32 Å². The monoisotopic (exact) mass is 324 g/mol. The van der Waals surface area contributed by atoms with Gasteiger partial charge in [0.25, 0.3) is 0 Å². The lowest BCUT2D eigenvalue weighted by Crippen LogP contribution is -1.96. The lowest BCUT2D eigenvalue weighted by molar-refractivity contribution is 1.19. The van der Waals surface area contributed by atoms with Crippen LogP contribution in [0.5, 0.6) is 0 Å². The van der Waals surface area contributed by atoms with Gasteiger partial charge in [-0.2, -0.15) is 0 Å². The van der Waals surface area contributed by atoms with Crippen LogP contribution in [0.4, 0.5) is 5.69 Å². The molecule has 0 saturated heterocycles. The molecule has 0 saturated carbocycles. The maximum absolute atomic E-state index is 4.27. The summed E-state index contributed by atoms with van der Waals surface area (Å²) in [5.74, 6) is 0. The Hall–Kier alpha value is -0.910. The Labute approximate surface area is 115 Å². The molecule has 3 rings (SSSR count). The molecule has 1 N–H and O–H groups in total. The van der Waals surface area contributed by atoms with Gasteiger partial charge in [-0.3, -0.25) is 0 Å². The fraction of sp³-hybridized carbons (Fsp3) is 0.0833. The number of hydrogen-bond acceptors (Lipinski definition) is 4. The van der Waals surface area contributed by atoms with Crippen LogP contribution in [0.15, 0.2) is 39.6 Å². The Kier molecular flexibility index (Phi) is 3.13. The van der Waals surface area contributed by atoms with Crippen molar-refractivity contribution < 1.29 is 0 Å².